The van der Waals surface area contributed by atoms with Crippen LogP contribution in [0.25, 0.3) is 0 Å². The molecule has 3 rings (SSSR count). The summed E-state index contributed by atoms with van der Waals surface area (Å²) < 4.78 is 23.9. The number of benzene rings is 1. The van der Waals surface area contributed by atoms with Gasteiger partial charge in [-0.05, 0) is 64.2 Å². The number of ether oxygens (including phenoxy) is 4. The number of nitrogens with one attached hydrogen (secondary N) is 2. The number of methoxy groups -OCH3 is 1. The van der Waals surface area contributed by atoms with Gasteiger partial charge < -0.3 is 34.1 Å². The first-order valence-electron chi connectivity index (χ1n) is 12.4. The minimum atomic E-state index is -0.786. The summed E-state index contributed by atoms with van der Waals surface area (Å²) >= 11 is 0. The number of alkyl carbamates (subject to hydrolysis) is 1. The van der Waals surface area contributed by atoms with Crippen LogP contribution in [0, 0.1) is 0 Å². The highest BCUT2D eigenvalue weighted by Crippen LogP contribution is 2.22. The molecule has 0 aliphatic carbocycles. The van der Waals surface area contributed by atoms with Gasteiger partial charge in [-0.1, -0.05) is 12.1 Å². The van der Waals surface area contributed by atoms with Gasteiger partial charge in [0.05, 0.1) is 19.5 Å². The average Bonchev–Trinajstić information content (AvgIpc) is 3.46. The minimum Gasteiger partial charge on any atom is -0.497 e. The Balaban J connectivity index is 1.52. The summed E-state index contributed by atoms with van der Waals surface area (Å²) in [6, 6.07) is 7.46. The molecule has 0 unspecified atom stereocenters. The number of hydrogen-bond donors (Lipinski definition) is 2. The molecule has 198 valence electrons. The fourth-order valence-corrected chi connectivity index (χ4v) is 4.00. The van der Waals surface area contributed by atoms with E-state index in [1.54, 1.807) is 40.4 Å². The molecule has 1 aliphatic rings. The molecule has 10 heteroatoms. The van der Waals surface area contributed by atoms with Crippen LogP contribution in [0.15, 0.2) is 43.0 Å². The molecule has 2 aromatic rings. The van der Waals surface area contributed by atoms with E-state index in [2.05, 4.69) is 15.6 Å². The summed E-state index contributed by atoms with van der Waals surface area (Å²) in [5, 5.41) is 6.15. The largest absolute Gasteiger partial charge is 0.509 e. The van der Waals surface area contributed by atoms with E-state index >= 15 is 0 Å². The molecule has 2 heterocycles. The van der Waals surface area contributed by atoms with Gasteiger partial charge in [-0.2, -0.15) is 0 Å². The van der Waals surface area contributed by atoms with Crippen molar-refractivity contribution in [2.75, 3.05) is 20.2 Å². The Bertz CT molecular complexity index is 942. The lowest BCUT2D eigenvalue weighted by Crippen LogP contribution is -2.43. The predicted molar refractivity (Wildman–Crippen MR) is 134 cm³/mol. The number of rotatable bonds is 11. The van der Waals surface area contributed by atoms with Crippen molar-refractivity contribution in [1.29, 1.82) is 0 Å². The average molecular weight is 503 g/mol. The molecule has 3 atom stereocenters. The Labute approximate surface area is 212 Å². The summed E-state index contributed by atoms with van der Waals surface area (Å²) in [6.07, 6.45) is 6.23. The van der Waals surface area contributed by atoms with Gasteiger partial charge in [0.25, 0.3) is 0 Å². The summed E-state index contributed by atoms with van der Waals surface area (Å²) in [5.41, 5.74) is 0.357. The highest BCUT2D eigenvalue weighted by atomic mass is 16.7. The summed E-state index contributed by atoms with van der Waals surface area (Å²) in [5.74, 6) is 0.765. The first kappa shape index (κ1) is 27.3. The molecule has 0 radical (unpaired) electrons. The van der Waals surface area contributed by atoms with E-state index in [0.717, 1.165) is 37.1 Å². The number of nitrogens with zero attached hydrogens (tertiary/aromatic N) is 2. The quantitative estimate of drug-likeness (QED) is 0.353. The molecule has 0 saturated carbocycles. The van der Waals surface area contributed by atoms with E-state index in [-0.39, 0.29) is 6.04 Å². The third-order valence-electron chi connectivity index (χ3n) is 5.76. The van der Waals surface area contributed by atoms with Gasteiger partial charge in [0.2, 0.25) is 0 Å². The highest BCUT2D eigenvalue weighted by molar-refractivity contribution is 5.67. The zero-order valence-corrected chi connectivity index (χ0v) is 21.6. The minimum absolute atomic E-state index is 0.230. The standard InChI is InChI=1S/C26H38N4O6/c1-26(2,3)36-25(32)34-22-17-29-21(16-19-8-10-20(33-4)11-9-19)23(22)35-24(31)28-12-6-5-7-14-30-15-13-27-18-30/h8-11,13,15,18,21-23,29H,5-7,12,14,16-17H2,1-4H3,(H,28,31)/t21-,22+,23+/m1/s1. The number of aryl methyl sites for hydroxylation is 1. The molecule has 1 aromatic heterocycles. The van der Waals surface area contributed by atoms with Crippen molar-refractivity contribution >= 4 is 12.2 Å². The van der Waals surface area contributed by atoms with Gasteiger partial charge >= 0.3 is 12.2 Å². The van der Waals surface area contributed by atoms with Crippen molar-refractivity contribution in [3.8, 4) is 5.75 Å². The topological polar surface area (TPSA) is 113 Å². The molecule has 36 heavy (non-hydrogen) atoms. The molecular weight excluding hydrogens is 464 g/mol. The van der Waals surface area contributed by atoms with Gasteiger partial charge in [0.1, 0.15) is 11.4 Å². The maximum Gasteiger partial charge on any atom is 0.509 e. The Morgan fingerprint density at radius 1 is 1.14 bits per heavy atom. The van der Waals surface area contributed by atoms with Gasteiger partial charge in [0.15, 0.2) is 12.2 Å². The van der Waals surface area contributed by atoms with E-state index in [4.69, 9.17) is 18.9 Å². The van der Waals surface area contributed by atoms with E-state index in [9.17, 15) is 9.59 Å². The van der Waals surface area contributed by atoms with Crippen LogP contribution in [0.2, 0.25) is 0 Å². The summed E-state index contributed by atoms with van der Waals surface area (Å²) in [4.78, 5) is 28.9. The number of imidazole rings is 1. The molecule has 1 aromatic carbocycles. The van der Waals surface area contributed by atoms with E-state index in [1.165, 1.54) is 0 Å². The lowest BCUT2D eigenvalue weighted by molar-refractivity contribution is -0.0517. The maximum absolute atomic E-state index is 12.6. The number of unbranched alkanes of at least 4 members (excludes halogenated alkanes) is 2. The van der Waals surface area contributed by atoms with Gasteiger partial charge in [-0.25, -0.2) is 14.6 Å². The maximum atomic E-state index is 12.6. The third kappa shape index (κ3) is 9.07. The van der Waals surface area contributed by atoms with Crippen LogP contribution in [0.3, 0.4) is 0 Å². The molecule has 1 saturated heterocycles. The SMILES string of the molecule is COc1ccc(C[C@H]2NC[C@H](OC(=O)OC(C)(C)C)[C@H]2OC(=O)NCCCCCn2ccnc2)cc1. The van der Waals surface area contributed by atoms with Crippen molar-refractivity contribution in [2.45, 2.75) is 76.9 Å². The second-order valence-electron chi connectivity index (χ2n) is 9.85. The first-order chi connectivity index (χ1) is 17.2. The number of aromatic nitrogens is 2. The van der Waals surface area contributed by atoms with Crippen molar-refractivity contribution in [1.82, 2.24) is 20.2 Å². The van der Waals surface area contributed by atoms with E-state index in [1.807, 2.05) is 35.0 Å². The Morgan fingerprint density at radius 3 is 2.58 bits per heavy atom. The number of hydrogen-bond acceptors (Lipinski definition) is 8. The second kappa shape index (κ2) is 13.2. The summed E-state index contributed by atoms with van der Waals surface area (Å²) in [7, 11) is 1.62. The Kier molecular flexibility index (Phi) is 9.98. The van der Waals surface area contributed by atoms with Crippen molar-refractivity contribution in [3.05, 3.63) is 48.5 Å². The van der Waals surface area contributed by atoms with Crippen LogP contribution in [-0.4, -0.2) is 65.8 Å². The lowest BCUT2D eigenvalue weighted by Gasteiger charge is -2.26. The Hall–Kier alpha value is -3.27. The van der Waals surface area contributed by atoms with Gasteiger partial charge in [0, 0.05) is 32.0 Å². The third-order valence-corrected chi connectivity index (χ3v) is 5.76. The number of carbonyl (C=O) groups is 2. The monoisotopic (exact) mass is 502 g/mol. The van der Waals surface area contributed by atoms with Crippen LogP contribution in [-0.2, 0) is 27.2 Å². The van der Waals surface area contributed by atoms with Crippen molar-refractivity contribution < 1.29 is 28.5 Å². The van der Waals surface area contributed by atoms with Crippen molar-refractivity contribution in [3.63, 3.8) is 0 Å². The lowest BCUT2D eigenvalue weighted by atomic mass is 10.0. The fraction of sp³-hybridized carbons (Fsp3) is 0.577. The van der Waals surface area contributed by atoms with E-state index < -0.39 is 30.1 Å². The number of carbonyl (C=O) groups excluding carboxylic acids is 2. The molecular formula is C26H38N4O6. The summed E-state index contributed by atoms with van der Waals surface area (Å²) in [6.45, 7) is 7.06. The predicted octanol–water partition coefficient (Wildman–Crippen LogP) is 3.69. The zero-order chi connectivity index (χ0) is 26.0. The van der Waals surface area contributed by atoms with Crippen LogP contribution in [0.1, 0.15) is 45.6 Å². The van der Waals surface area contributed by atoms with Crippen LogP contribution in [0.4, 0.5) is 9.59 Å². The van der Waals surface area contributed by atoms with Crippen LogP contribution in [0.5, 0.6) is 5.75 Å². The van der Waals surface area contributed by atoms with Crippen LogP contribution < -0.4 is 15.4 Å². The second-order valence-corrected chi connectivity index (χ2v) is 9.85. The van der Waals surface area contributed by atoms with Crippen LogP contribution >= 0.6 is 0 Å². The number of amides is 1. The molecule has 10 nitrogen and oxygen atoms in total. The smallest absolute Gasteiger partial charge is 0.497 e. The normalized spacial score (nSPS) is 19.5. The van der Waals surface area contributed by atoms with E-state index in [0.29, 0.717) is 19.5 Å². The van der Waals surface area contributed by atoms with Gasteiger partial charge in [-0.3, -0.25) is 0 Å². The molecule has 0 bridgehead atoms. The Morgan fingerprint density at radius 2 is 1.92 bits per heavy atom. The molecule has 0 spiro atoms. The molecule has 2 N–H and O–H groups in total. The highest BCUT2D eigenvalue weighted by Gasteiger charge is 2.42. The molecule has 1 amide bonds. The molecule has 1 aliphatic heterocycles. The van der Waals surface area contributed by atoms with Crippen molar-refractivity contribution in [2.24, 2.45) is 0 Å². The first-order valence-corrected chi connectivity index (χ1v) is 12.4. The molecule has 1 fully saturated rings. The zero-order valence-electron chi connectivity index (χ0n) is 21.6. The van der Waals surface area contributed by atoms with Gasteiger partial charge in [-0.15, -0.1) is 0 Å². The fourth-order valence-electron chi connectivity index (χ4n) is 4.00.